The molecule has 0 radical (unpaired) electrons. The smallest absolute Gasteiger partial charge is 0.265 e. The summed E-state index contributed by atoms with van der Waals surface area (Å²) < 4.78 is 5.41. The summed E-state index contributed by atoms with van der Waals surface area (Å²) in [5.74, 6) is -0.446. The highest BCUT2D eigenvalue weighted by molar-refractivity contribution is 6.33. The number of carbonyl (C=O) groups excluding carboxylic acids is 3. The number of nitrogens with one attached hydrogen (secondary N) is 1. The predicted molar refractivity (Wildman–Crippen MR) is 99.0 cm³/mol. The van der Waals surface area contributed by atoms with Crippen molar-refractivity contribution in [3.63, 3.8) is 0 Å². The second kappa shape index (κ2) is 7.17. The van der Waals surface area contributed by atoms with Crippen LogP contribution >= 0.6 is 11.6 Å². The number of benzene rings is 2. The van der Waals surface area contributed by atoms with Gasteiger partial charge in [-0.15, -0.1) is 0 Å². The Balaban J connectivity index is 1.91. The Labute approximate surface area is 155 Å². The number of para-hydroxylation sites is 1. The summed E-state index contributed by atoms with van der Waals surface area (Å²) in [6, 6.07) is 10.9. The minimum atomic E-state index is -0.816. The van der Waals surface area contributed by atoms with E-state index in [0.717, 1.165) is 0 Å². The zero-order valence-electron chi connectivity index (χ0n) is 14.3. The molecule has 2 aromatic rings. The van der Waals surface area contributed by atoms with E-state index >= 15 is 0 Å². The molecule has 2 aromatic carbocycles. The summed E-state index contributed by atoms with van der Waals surface area (Å²) in [5, 5.41) is 3.13. The van der Waals surface area contributed by atoms with Crippen LogP contribution in [0.4, 0.5) is 11.4 Å². The van der Waals surface area contributed by atoms with Gasteiger partial charge in [-0.2, -0.15) is 0 Å². The van der Waals surface area contributed by atoms with E-state index < -0.39 is 11.9 Å². The number of hydrogen-bond acceptors (Lipinski definition) is 4. The van der Waals surface area contributed by atoms with Crippen molar-refractivity contribution in [1.82, 2.24) is 0 Å². The number of amides is 2. The largest absolute Gasteiger partial charge is 0.482 e. The molecular weight excluding hydrogens is 356 g/mol. The molecule has 1 unspecified atom stereocenters. The lowest BCUT2D eigenvalue weighted by molar-refractivity contribution is -0.125. The normalized spacial score (nSPS) is 14.3. The van der Waals surface area contributed by atoms with Gasteiger partial charge in [-0.3, -0.25) is 19.3 Å². The van der Waals surface area contributed by atoms with Crippen molar-refractivity contribution in [2.75, 3.05) is 16.8 Å². The molecule has 0 saturated heterocycles. The van der Waals surface area contributed by atoms with Gasteiger partial charge in [0, 0.05) is 5.56 Å². The van der Waals surface area contributed by atoms with E-state index in [2.05, 4.69) is 5.32 Å². The molecule has 7 heteroatoms. The van der Waals surface area contributed by atoms with Crippen LogP contribution in [0.3, 0.4) is 0 Å². The van der Waals surface area contributed by atoms with Gasteiger partial charge in [-0.1, -0.05) is 23.7 Å². The van der Waals surface area contributed by atoms with Crippen molar-refractivity contribution in [3.05, 3.63) is 53.1 Å². The van der Waals surface area contributed by atoms with E-state index in [9.17, 15) is 14.4 Å². The predicted octanol–water partition coefficient (Wildman–Crippen LogP) is 3.30. The van der Waals surface area contributed by atoms with Crippen LogP contribution in [0.5, 0.6) is 5.75 Å². The Hall–Kier alpha value is -2.86. The maximum absolute atomic E-state index is 12.7. The summed E-state index contributed by atoms with van der Waals surface area (Å²) in [6.07, 6.45) is 0. The highest BCUT2D eigenvalue weighted by Gasteiger charge is 2.33. The average molecular weight is 373 g/mol. The fourth-order valence-corrected chi connectivity index (χ4v) is 2.91. The summed E-state index contributed by atoms with van der Waals surface area (Å²) in [4.78, 5) is 38.1. The standard InChI is InChI=1S/C19H17ClN2O4/c1-11(19(25)21-15-6-4-3-5-14(15)20)22-16-9-13(12(2)23)7-8-17(16)26-10-18(22)24/h3-9,11H,10H2,1-2H3,(H,21,25). The lowest BCUT2D eigenvalue weighted by Gasteiger charge is -2.33. The topological polar surface area (TPSA) is 75.7 Å². The van der Waals surface area contributed by atoms with Crippen molar-refractivity contribution >= 4 is 40.6 Å². The van der Waals surface area contributed by atoms with Gasteiger partial charge in [0.25, 0.3) is 5.91 Å². The summed E-state index contributed by atoms with van der Waals surface area (Å²) in [6.45, 7) is 2.88. The quantitative estimate of drug-likeness (QED) is 0.835. The van der Waals surface area contributed by atoms with E-state index in [0.29, 0.717) is 27.7 Å². The summed E-state index contributed by atoms with van der Waals surface area (Å²) in [5.41, 5.74) is 1.30. The third kappa shape index (κ3) is 3.41. The third-order valence-corrected chi connectivity index (χ3v) is 4.47. The minimum Gasteiger partial charge on any atom is -0.482 e. The lowest BCUT2D eigenvalue weighted by atomic mass is 10.1. The second-order valence-corrected chi connectivity index (χ2v) is 6.34. The Kier molecular flexibility index (Phi) is 4.95. The van der Waals surface area contributed by atoms with Crippen LogP contribution in [0, 0.1) is 0 Å². The van der Waals surface area contributed by atoms with Gasteiger partial charge in [-0.25, -0.2) is 0 Å². The van der Waals surface area contributed by atoms with E-state index in [1.165, 1.54) is 11.8 Å². The van der Waals surface area contributed by atoms with Crippen molar-refractivity contribution in [2.45, 2.75) is 19.9 Å². The van der Waals surface area contributed by atoms with Crippen molar-refractivity contribution in [1.29, 1.82) is 0 Å². The summed E-state index contributed by atoms with van der Waals surface area (Å²) in [7, 11) is 0. The first-order chi connectivity index (χ1) is 12.4. The molecule has 134 valence electrons. The van der Waals surface area contributed by atoms with Crippen LogP contribution in [0.1, 0.15) is 24.2 Å². The molecule has 6 nitrogen and oxygen atoms in total. The van der Waals surface area contributed by atoms with Gasteiger partial charge in [0.15, 0.2) is 12.4 Å². The number of carbonyl (C=O) groups is 3. The molecule has 0 spiro atoms. The van der Waals surface area contributed by atoms with E-state index in [1.807, 2.05) is 0 Å². The molecule has 1 aliphatic heterocycles. The molecule has 1 aliphatic rings. The molecular formula is C19H17ClN2O4. The van der Waals surface area contributed by atoms with Gasteiger partial charge < -0.3 is 10.1 Å². The monoisotopic (exact) mass is 372 g/mol. The lowest BCUT2D eigenvalue weighted by Crippen LogP contribution is -2.49. The second-order valence-electron chi connectivity index (χ2n) is 5.94. The molecule has 26 heavy (non-hydrogen) atoms. The SMILES string of the molecule is CC(=O)c1ccc2c(c1)N(C(C)C(=O)Nc1ccccc1Cl)C(=O)CO2. The number of fused-ring (bicyclic) bond motifs is 1. The number of ketones is 1. The number of hydrogen-bond donors (Lipinski definition) is 1. The van der Waals surface area contributed by atoms with Crippen LogP contribution in [0.2, 0.25) is 5.02 Å². The zero-order chi connectivity index (χ0) is 18.8. The van der Waals surface area contributed by atoms with Crippen LogP contribution < -0.4 is 15.0 Å². The zero-order valence-corrected chi connectivity index (χ0v) is 15.0. The van der Waals surface area contributed by atoms with Crippen molar-refractivity contribution in [2.24, 2.45) is 0 Å². The highest BCUT2D eigenvalue weighted by Crippen LogP contribution is 2.35. The van der Waals surface area contributed by atoms with Crippen LogP contribution in [-0.4, -0.2) is 30.2 Å². The molecule has 1 N–H and O–H groups in total. The Morgan fingerprint density at radius 2 is 1.96 bits per heavy atom. The van der Waals surface area contributed by atoms with Crippen molar-refractivity contribution < 1.29 is 19.1 Å². The first-order valence-electron chi connectivity index (χ1n) is 8.03. The van der Waals surface area contributed by atoms with Crippen molar-refractivity contribution in [3.8, 4) is 5.75 Å². The van der Waals surface area contributed by atoms with Gasteiger partial charge in [0.05, 0.1) is 16.4 Å². The molecule has 0 aliphatic carbocycles. The number of rotatable bonds is 4. The maximum atomic E-state index is 12.7. The van der Waals surface area contributed by atoms with Crippen LogP contribution in [0.15, 0.2) is 42.5 Å². The van der Waals surface area contributed by atoms with Crippen LogP contribution in [-0.2, 0) is 9.59 Å². The van der Waals surface area contributed by atoms with Crippen LogP contribution in [0.25, 0.3) is 0 Å². The van der Waals surface area contributed by atoms with E-state index in [-0.39, 0.29) is 18.3 Å². The van der Waals surface area contributed by atoms with Gasteiger partial charge in [0.1, 0.15) is 11.8 Å². The van der Waals surface area contributed by atoms with Gasteiger partial charge in [0.2, 0.25) is 5.91 Å². The maximum Gasteiger partial charge on any atom is 0.265 e. The Morgan fingerprint density at radius 1 is 1.23 bits per heavy atom. The molecule has 0 fully saturated rings. The number of ether oxygens (including phenoxy) is 1. The van der Waals surface area contributed by atoms with Gasteiger partial charge >= 0.3 is 0 Å². The number of anilines is 2. The average Bonchev–Trinajstić information content (AvgIpc) is 2.62. The Morgan fingerprint density at radius 3 is 2.65 bits per heavy atom. The highest BCUT2D eigenvalue weighted by atomic mass is 35.5. The Bertz CT molecular complexity index is 897. The third-order valence-electron chi connectivity index (χ3n) is 4.14. The fourth-order valence-electron chi connectivity index (χ4n) is 2.73. The molecule has 1 heterocycles. The van der Waals surface area contributed by atoms with Gasteiger partial charge in [-0.05, 0) is 44.2 Å². The molecule has 1 atom stereocenters. The molecule has 0 saturated carbocycles. The molecule has 3 rings (SSSR count). The summed E-state index contributed by atoms with van der Waals surface area (Å²) >= 11 is 6.07. The fraction of sp³-hybridized carbons (Fsp3) is 0.211. The first-order valence-corrected chi connectivity index (χ1v) is 8.41. The number of Topliss-reactive ketones (excluding diaryl/α,β-unsaturated/α-hetero) is 1. The number of halogens is 1. The van der Waals surface area contributed by atoms with E-state index in [4.69, 9.17) is 16.3 Å². The minimum absolute atomic E-state index is 0.140. The first kappa shape index (κ1) is 17.9. The van der Waals surface area contributed by atoms with E-state index in [1.54, 1.807) is 49.4 Å². The molecule has 0 bridgehead atoms. The molecule has 0 aromatic heterocycles. The molecule has 2 amide bonds. The number of nitrogens with zero attached hydrogens (tertiary/aromatic N) is 1.